The first-order valence-corrected chi connectivity index (χ1v) is 4.82. The minimum absolute atomic E-state index is 0.802. The molecule has 1 aromatic rings. The predicted molar refractivity (Wildman–Crippen MR) is 48.0 cm³/mol. The van der Waals surface area contributed by atoms with Crippen molar-refractivity contribution in [2.24, 2.45) is 0 Å². The fraction of sp³-hybridized carbons (Fsp3) is 0.333. The average molecular weight is 166 g/mol. The van der Waals surface area contributed by atoms with Crippen molar-refractivity contribution in [1.82, 2.24) is 0 Å². The van der Waals surface area contributed by atoms with Gasteiger partial charge >= 0.3 is 0 Å². The van der Waals surface area contributed by atoms with E-state index in [1.165, 1.54) is 11.1 Å². The molecule has 0 atom stereocenters. The summed E-state index contributed by atoms with van der Waals surface area (Å²) in [6.07, 6.45) is 0. The highest BCUT2D eigenvalue weighted by molar-refractivity contribution is 7.98. The van der Waals surface area contributed by atoms with E-state index in [4.69, 9.17) is 4.74 Å². The van der Waals surface area contributed by atoms with Gasteiger partial charge in [0.2, 0.25) is 0 Å². The Morgan fingerprint density at radius 2 is 2.36 bits per heavy atom. The summed E-state index contributed by atoms with van der Waals surface area (Å²) < 4.78 is 5.47. The van der Waals surface area contributed by atoms with Crippen LogP contribution in [0.4, 0.5) is 0 Å². The summed E-state index contributed by atoms with van der Waals surface area (Å²) in [6.45, 7) is 2.13. The van der Waals surface area contributed by atoms with E-state index in [1.807, 2.05) is 23.9 Å². The van der Waals surface area contributed by atoms with Crippen molar-refractivity contribution in [1.29, 1.82) is 0 Å². The molecule has 0 amide bonds. The molecule has 0 saturated carbocycles. The number of aryl methyl sites for hydroxylation is 1. The van der Waals surface area contributed by atoms with E-state index in [1.54, 1.807) is 0 Å². The molecule has 0 spiro atoms. The van der Waals surface area contributed by atoms with Crippen LogP contribution in [-0.2, 0) is 5.75 Å². The first-order valence-electron chi connectivity index (χ1n) is 3.67. The fourth-order valence-corrected chi connectivity index (χ4v) is 2.11. The van der Waals surface area contributed by atoms with Crippen molar-refractivity contribution >= 4 is 11.8 Å². The Labute approximate surface area is 70.8 Å². The number of benzene rings is 1. The smallest absolute Gasteiger partial charge is 0.134 e. The standard InChI is InChI=1S/C9H10OS/c1-7-3-2-4-9-8(7)5-11-6-10-9/h2-4H,5-6H2,1H3. The van der Waals surface area contributed by atoms with Gasteiger partial charge in [-0.2, -0.15) is 0 Å². The Hall–Kier alpha value is -0.630. The number of rotatable bonds is 0. The van der Waals surface area contributed by atoms with Gasteiger partial charge in [-0.3, -0.25) is 0 Å². The van der Waals surface area contributed by atoms with Gasteiger partial charge in [-0.1, -0.05) is 12.1 Å². The Morgan fingerprint density at radius 1 is 1.45 bits per heavy atom. The zero-order valence-electron chi connectivity index (χ0n) is 6.46. The lowest BCUT2D eigenvalue weighted by Crippen LogP contribution is -2.04. The third-order valence-electron chi connectivity index (χ3n) is 1.91. The molecule has 1 nitrogen and oxygen atoms in total. The molecule has 11 heavy (non-hydrogen) atoms. The molecule has 0 aromatic heterocycles. The highest BCUT2D eigenvalue weighted by Gasteiger charge is 2.10. The lowest BCUT2D eigenvalue weighted by atomic mass is 10.1. The number of hydrogen-bond donors (Lipinski definition) is 0. The third kappa shape index (κ3) is 1.23. The van der Waals surface area contributed by atoms with Crippen LogP contribution in [0.15, 0.2) is 18.2 Å². The molecule has 0 N–H and O–H groups in total. The average Bonchev–Trinajstić information content (AvgIpc) is 2.06. The molecule has 0 unspecified atom stereocenters. The highest BCUT2D eigenvalue weighted by Crippen LogP contribution is 2.31. The summed E-state index contributed by atoms with van der Waals surface area (Å²) in [5.41, 5.74) is 2.71. The largest absolute Gasteiger partial charge is 0.483 e. The van der Waals surface area contributed by atoms with E-state index < -0.39 is 0 Å². The first-order chi connectivity index (χ1) is 5.38. The van der Waals surface area contributed by atoms with Crippen LogP contribution >= 0.6 is 11.8 Å². The van der Waals surface area contributed by atoms with Gasteiger partial charge in [0, 0.05) is 11.3 Å². The predicted octanol–water partition coefficient (Wildman–Crippen LogP) is 2.58. The van der Waals surface area contributed by atoms with Crippen LogP contribution in [0.1, 0.15) is 11.1 Å². The van der Waals surface area contributed by atoms with Gasteiger partial charge in [0.15, 0.2) is 0 Å². The van der Waals surface area contributed by atoms with E-state index in [-0.39, 0.29) is 0 Å². The van der Waals surface area contributed by atoms with Gasteiger partial charge in [0.1, 0.15) is 11.7 Å². The van der Waals surface area contributed by atoms with Crippen molar-refractivity contribution in [3.05, 3.63) is 29.3 Å². The number of ether oxygens (including phenoxy) is 1. The van der Waals surface area contributed by atoms with Crippen molar-refractivity contribution in [3.8, 4) is 5.75 Å². The Bertz CT molecular complexity index is 270. The van der Waals surface area contributed by atoms with Crippen molar-refractivity contribution in [3.63, 3.8) is 0 Å². The maximum Gasteiger partial charge on any atom is 0.134 e. The van der Waals surface area contributed by atoms with Crippen LogP contribution in [0, 0.1) is 6.92 Å². The number of fused-ring (bicyclic) bond motifs is 1. The quantitative estimate of drug-likeness (QED) is 0.586. The van der Waals surface area contributed by atoms with Gasteiger partial charge in [-0.25, -0.2) is 0 Å². The first kappa shape index (κ1) is 7.04. The maximum absolute atomic E-state index is 5.47. The second-order valence-corrected chi connectivity index (χ2v) is 3.59. The van der Waals surface area contributed by atoms with Gasteiger partial charge in [0.05, 0.1) is 0 Å². The molecule has 1 heterocycles. The molecular weight excluding hydrogens is 156 g/mol. The molecule has 0 radical (unpaired) electrons. The SMILES string of the molecule is Cc1cccc2c1CSCO2. The molecule has 0 bridgehead atoms. The summed E-state index contributed by atoms with van der Waals surface area (Å²) in [5.74, 6) is 2.97. The molecule has 58 valence electrons. The zero-order chi connectivity index (χ0) is 7.68. The van der Waals surface area contributed by atoms with Gasteiger partial charge in [-0.15, -0.1) is 11.8 Å². The molecule has 0 fully saturated rings. The Morgan fingerprint density at radius 3 is 3.18 bits per heavy atom. The molecule has 1 aromatic carbocycles. The summed E-state index contributed by atoms with van der Waals surface area (Å²) >= 11 is 1.83. The Kier molecular flexibility index (Phi) is 1.78. The Balaban J connectivity index is 2.49. The number of thioether (sulfide) groups is 1. The highest BCUT2D eigenvalue weighted by atomic mass is 32.2. The second kappa shape index (κ2) is 2.78. The molecule has 0 aliphatic carbocycles. The summed E-state index contributed by atoms with van der Waals surface area (Å²) in [7, 11) is 0. The summed E-state index contributed by atoms with van der Waals surface area (Å²) in [6, 6.07) is 6.22. The van der Waals surface area contributed by atoms with Gasteiger partial charge in [0.25, 0.3) is 0 Å². The molecule has 2 rings (SSSR count). The van der Waals surface area contributed by atoms with Crippen LogP contribution in [0.25, 0.3) is 0 Å². The monoisotopic (exact) mass is 166 g/mol. The maximum atomic E-state index is 5.47. The lowest BCUT2D eigenvalue weighted by molar-refractivity contribution is 0.384. The minimum Gasteiger partial charge on any atom is -0.483 e. The molecule has 0 saturated heterocycles. The second-order valence-electron chi connectivity index (χ2n) is 2.66. The van der Waals surface area contributed by atoms with E-state index in [0.717, 1.165) is 17.4 Å². The molecule has 1 aliphatic rings. The minimum atomic E-state index is 0.802. The van der Waals surface area contributed by atoms with Crippen LogP contribution in [0.3, 0.4) is 0 Å². The fourth-order valence-electron chi connectivity index (χ4n) is 1.24. The topological polar surface area (TPSA) is 9.23 Å². The molecule has 2 heteroatoms. The van der Waals surface area contributed by atoms with Crippen molar-refractivity contribution in [2.75, 3.05) is 5.94 Å². The van der Waals surface area contributed by atoms with Crippen LogP contribution in [0.2, 0.25) is 0 Å². The lowest BCUT2D eigenvalue weighted by Gasteiger charge is -2.17. The van der Waals surface area contributed by atoms with Crippen LogP contribution in [-0.4, -0.2) is 5.94 Å². The normalized spacial score (nSPS) is 15.4. The summed E-state index contributed by atoms with van der Waals surface area (Å²) in [4.78, 5) is 0. The van der Waals surface area contributed by atoms with E-state index in [9.17, 15) is 0 Å². The summed E-state index contributed by atoms with van der Waals surface area (Å²) in [5, 5.41) is 0. The zero-order valence-corrected chi connectivity index (χ0v) is 7.28. The van der Waals surface area contributed by atoms with Crippen LogP contribution in [0.5, 0.6) is 5.75 Å². The van der Waals surface area contributed by atoms with Crippen LogP contribution < -0.4 is 4.74 Å². The van der Waals surface area contributed by atoms with E-state index in [2.05, 4.69) is 13.0 Å². The van der Waals surface area contributed by atoms with Crippen molar-refractivity contribution in [2.45, 2.75) is 12.7 Å². The number of hydrogen-bond acceptors (Lipinski definition) is 2. The van der Waals surface area contributed by atoms with E-state index >= 15 is 0 Å². The van der Waals surface area contributed by atoms with E-state index in [0.29, 0.717) is 0 Å². The third-order valence-corrected chi connectivity index (χ3v) is 2.69. The molecule has 1 aliphatic heterocycles. The van der Waals surface area contributed by atoms with Crippen molar-refractivity contribution < 1.29 is 4.74 Å². The van der Waals surface area contributed by atoms with Gasteiger partial charge in [-0.05, 0) is 18.6 Å². The molecular formula is C9H10OS. The van der Waals surface area contributed by atoms with Gasteiger partial charge < -0.3 is 4.74 Å².